The topological polar surface area (TPSA) is 52.5 Å². The van der Waals surface area contributed by atoms with E-state index in [1.54, 1.807) is 19.1 Å². The number of hydrogen-bond donors (Lipinski definition) is 3. The molecule has 0 bridgehead atoms. The van der Waals surface area contributed by atoms with Crippen LogP contribution in [0.5, 0.6) is 5.75 Å². The van der Waals surface area contributed by atoms with Crippen LogP contribution in [0.15, 0.2) is 54.6 Å². The van der Waals surface area contributed by atoms with Crippen LogP contribution in [0.3, 0.4) is 0 Å². The van der Waals surface area contributed by atoms with Gasteiger partial charge in [-0.25, -0.2) is 0 Å². The largest absolute Gasteiger partial charge is 0.508 e. The zero-order chi connectivity index (χ0) is 13.7. The molecule has 0 amide bonds. The lowest BCUT2D eigenvalue weighted by Gasteiger charge is -2.24. The maximum atomic E-state index is 10.4. The molecule has 0 saturated heterocycles. The van der Waals surface area contributed by atoms with Crippen molar-refractivity contribution in [1.82, 2.24) is 5.32 Å². The molecular formula is C16H19NO2. The Morgan fingerprint density at radius 1 is 1.00 bits per heavy atom. The fourth-order valence-corrected chi connectivity index (χ4v) is 1.96. The van der Waals surface area contributed by atoms with Crippen molar-refractivity contribution >= 4 is 0 Å². The van der Waals surface area contributed by atoms with Crippen LogP contribution in [0.2, 0.25) is 0 Å². The average Bonchev–Trinajstić information content (AvgIpc) is 2.42. The Bertz CT molecular complexity index is 506. The molecule has 0 heterocycles. The number of rotatable bonds is 5. The third kappa shape index (κ3) is 3.81. The third-order valence-electron chi connectivity index (χ3n) is 3.13. The minimum atomic E-state index is -0.891. The Morgan fingerprint density at radius 3 is 2.26 bits per heavy atom. The van der Waals surface area contributed by atoms with Crippen molar-refractivity contribution in [1.29, 1.82) is 0 Å². The van der Waals surface area contributed by atoms with Gasteiger partial charge in [0.15, 0.2) is 0 Å². The SMILES string of the molecule is CC(O)(CNCc1ccc(O)cc1)c1ccccc1. The lowest BCUT2D eigenvalue weighted by Crippen LogP contribution is -2.35. The molecule has 19 heavy (non-hydrogen) atoms. The normalized spacial score (nSPS) is 14.0. The molecule has 0 aliphatic heterocycles. The summed E-state index contributed by atoms with van der Waals surface area (Å²) in [4.78, 5) is 0. The highest BCUT2D eigenvalue weighted by molar-refractivity contribution is 5.26. The molecule has 3 N–H and O–H groups in total. The fraction of sp³-hybridized carbons (Fsp3) is 0.250. The quantitative estimate of drug-likeness (QED) is 0.771. The monoisotopic (exact) mass is 257 g/mol. The predicted molar refractivity (Wildman–Crippen MR) is 75.8 cm³/mol. The van der Waals surface area contributed by atoms with Gasteiger partial charge >= 0.3 is 0 Å². The summed E-state index contributed by atoms with van der Waals surface area (Å²) in [6.45, 7) is 2.92. The molecule has 0 aliphatic rings. The fourth-order valence-electron chi connectivity index (χ4n) is 1.96. The van der Waals surface area contributed by atoms with E-state index in [-0.39, 0.29) is 5.75 Å². The van der Waals surface area contributed by atoms with Gasteiger partial charge < -0.3 is 15.5 Å². The minimum absolute atomic E-state index is 0.264. The summed E-state index contributed by atoms with van der Waals surface area (Å²) in [6.07, 6.45) is 0. The molecule has 3 heteroatoms. The van der Waals surface area contributed by atoms with Crippen molar-refractivity contribution in [3.8, 4) is 5.75 Å². The van der Waals surface area contributed by atoms with E-state index in [9.17, 15) is 10.2 Å². The van der Waals surface area contributed by atoms with Crippen molar-refractivity contribution in [2.45, 2.75) is 19.1 Å². The number of phenols is 1. The maximum absolute atomic E-state index is 10.4. The van der Waals surface area contributed by atoms with Crippen LogP contribution in [0, 0.1) is 0 Å². The van der Waals surface area contributed by atoms with E-state index < -0.39 is 5.60 Å². The van der Waals surface area contributed by atoms with Crippen LogP contribution in [0.4, 0.5) is 0 Å². The van der Waals surface area contributed by atoms with Gasteiger partial charge in [-0.15, -0.1) is 0 Å². The Labute approximate surface area is 113 Å². The zero-order valence-electron chi connectivity index (χ0n) is 11.0. The molecule has 0 fully saturated rings. The van der Waals surface area contributed by atoms with Gasteiger partial charge in [-0.3, -0.25) is 0 Å². The van der Waals surface area contributed by atoms with Crippen LogP contribution in [0.1, 0.15) is 18.1 Å². The summed E-state index contributed by atoms with van der Waals surface area (Å²) >= 11 is 0. The first-order valence-electron chi connectivity index (χ1n) is 6.34. The van der Waals surface area contributed by atoms with Gasteiger partial charge in [-0.2, -0.15) is 0 Å². The summed E-state index contributed by atoms with van der Waals surface area (Å²) in [7, 11) is 0. The van der Waals surface area contributed by atoms with Crippen LogP contribution in [0.25, 0.3) is 0 Å². The van der Waals surface area contributed by atoms with Crippen molar-refractivity contribution in [3.63, 3.8) is 0 Å². The molecule has 3 nitrogen and oxygen atoms in total. The number of nitrogens with one attached hydrogen (secondary N) is 1. The first kappa shape index (κ1) is 13.6. The van der Waals surface area contributed by atoms with E-state index in [2.05, 4.69) is 5.32 Å². The first-order chi connectivity index (χ1) is 9.08. The standard InChI is InChI=1S/C16H19NO2/c1-16(19,14-5-3-2-4-6-14)12-17-11-13-7-9-15(18)10-8-13/h2-10,17-19H,11-12H2,1H3. The Morgan fingerprint density at radius 2 is 1.63 bits per heavy atom. The van der Waals surface area contributed by atoms with Crippen LogP contribution in [-0.2, 0) is 12.1 Å². The van der Waals surface area contributed by atoms with Gasteiger partial charge in [0.05, 0.1) is 5.60 Å². The summed E-state index contributed by atoms with van der Waals surface area (Å²) in [5.41, 5.74) is 1.08. The highest BCUT2D eigenvalue weighted by Gasteiger charge is 2.21. The molecule has 0 aliphatic carbocycles. The van der Waals surface area contributed by atoms with E-state index >= 15 is 0 Å². The highest BCUT2D eigenvalue weighted by atomic mass is 16.3. The van der Waals surface area contributed by atoms with E-state index in [1.165, 1.54) is 0 Å². The van der Waals surface area contributed by atoms with Gasteiger partial charge in [-0.05, 0) is 30.2 Å². The molecular weight excluding hydrogens is 238 g/mol. The second-order valence-electron chi connectivity index (χ2n) is 4.91. The lowest BCUT2D eigenvalue weighted by atomic mass is 9.96. The minimum Gasteiger partial charge on any atom is -0.508 e. The summed E-state index contributed by atoms with van der Waals surface area (Å²) in [6, 6.07) is 16.7. The molecule has 2 aromatic rings. The molecule has 0 saturated carbocycles. The van der Waals surface area contributed by atoms with Crippen LogP contribution < -0.4 is 5.32 Å². The molecule has 2 rings (SSSR count). The summed E-state index contributed by atoms with van der Waals surface area (Å²) in [5, 5.41) is 22.8. The van der Waals surface area contributed by atoms with E-state index in [0.717, 1.165) is 11.1 Å². The van der Waals surface area contributed by atoms with Crippen LogP contribution >= 0.6 is 0 Å². The van der Waals surface area contributed by atoms with Crippen molar-refractivity contribution < 1.29 is 10.2 Å². The smallest absolute Gasteiger partial charge is 0.115 e. The maximum Gasteiger partial charge on any atom is 0.115 e. The molecule has 0 aromatic heterocycles. The molecule has 1 atom stereocenters. The Hall–Kier alpha value is -1.84. The van der Waals surface area contributed by atoms with Gasteiger partial charge in [0, 0.05) is 13.1 Å². The van der Waals surface area contributed by atoms with Crippen LogP contribution in [-0.4, -0.2) is 16.8 Å². The second kappa shape index (κ2) is 5.87. The molecule has 0 radical (unpaired) electrons. The van der Waals surface area contributed by atoms with Gasteiger partial charge in [0.1, 0.15) is 5.75 Å². The van der Waals surface area contributed by atoms with Gasteiger partial charge in [0.2, 0.25) is 0 Å². The summed E-state index contributed by atoms with van der Waals surface area (Å²) < 4.78 is 0. The number of aromatic hydroxyl groups is 1. The third-order valence-corrected chi connectivity index (χ3v) is 3.13. The number of benzene rings is 2. The Kier molecular flexibility index (Phi) is 4.20. The molecule has 100 valence electrons. The first-order valence-corrected chi connectivity index (χ1v) is 6.34. The average molecular weight is 257 g/mol. The summed E-state index contributed by atoms with van der Waals surface area (Å²) in [5.74, 6) is 0.264. The van der Waals surface area contributed by atoms with Gasteiger partial charge in [0.25, 0.3) is 0 Å². The zero-order valence-corrected chi connectivity index (χ0v) is 11.0. The second-order valence-corrected chi connectivity index (χ2v) is 4.91. The van der Waals surface area contributed by atoms with E-state index in [1.807, 2.05) is 42.5 Å². The molecule has 0 spiro atoms. The van der Waals surface area contributed by atoms with Gasteiger partial charge in [-0.1, -0.05) is 42.5 Å². The molecule has 2 aromatic carbocycles. The Balaban J connectivity index is 1.90. The van der Waals surface area contributed by atoms with E-state index in [4.69, 9.17) is 0 Å². The van der Waals surface area contributed by atoms with Crippen molar-refractivity contribution in [2.24, 2.45) is 0 Å². The number of aliphatic hydroxyl groups is 1. The number of phenolic OH excluding ortho intramolecular Hbond substituents is 1. The lowest BCUT2D eigenvalue weighted by molar-refractivity contribution is 0.0567. The number of hydrogen-bond acceptors (Lipinski definition) is 3. The van der Waals surface area contributed by atoms with E-state index in [0.29, 0.717) is 13.1 Å². The predicted octanol–water partition coefficient (Wildman–Crippen LogP) is 2.39. The van der Waals surface area contributed by atoms with Crippen molar-refractivity contribution in [2.75, 3.05) is 6.54 Å². The molecule has 1 unspecified atom stereocenters. The van der Waals surface area contributed by atoms with Crippen molar-refractivity contribution in [3.05, 3.63) is 65.7 Å². The highest BCUT2D eigenvalue weighted by Crippen LogP contribution is 2.19.